The summed E-state index contributed by atoms with van der Waals surface area (Å²) in [4.78, 5) is 16.3. The first-order valence-corrected chi connectivity index (χ1v) is 6.99. The first-order valence-electron chi connectivity index (χ1n) is 6.62. The van der Waals surface area contributed by atoms with Crippen molar-refractivity contribution in [3.05, 3.63) is 36.0 Å². The molecule has 0 spiro atoms. The maximum atomic E-state index is 12.0. The van der Waals surface area contributed by atoms with Gasteiger partial charge in [0, 0.05) is 11.8 Å². The molecule has 7 nitrogen and oxygen atoms in total. The summed E-state index contributed by atoms with van der Waals surface area (Å²) in [5.41, 5.74) is 1.43. The Kier molecular flexibility index (Phi) is 3.37. The number of nitrogens with zero attached hydrogens (tertiary/aromatic N) is 5. The predicted molar refractivity (Wildman–Crippen MR) is 80.9 cm³/mol. The Balaban J connectivity index is 1.99. The van der Waals surface area contributed by atoms with Gasteiger partial charge in [-0.2, -0.15) is 14.9 Å². The molecule has 0 N–H and O–H groups in total. The summed E-state index contributed by atoms with van der Waals surface area (Å²) in [5, 5.41) is 8.46. The van der Waals surface area contributed by atoms with Gasteiger partial charge in [0.15, 0.2) is 0 Å². The highest BCUT2D eigenvalue weighted by atomic mass is 35.5. The maximum absolute atomic E-state index is 12.0. The van der Waals surface area contributed by atoms with Crippen LogP contribution in [0.15, 0.2) is 30.9 Å². The third-order valence-electron chi connectivity index (χ3n) is 2.80. The summed E-state index contributed by atoms with van der Waals surface area (Å²) in [7, 11) is 0. The van der Waals surface area contributed by atoms with Crippen LogP contribution in [0.4, 0.5) is 4.79 Å². The number of rotatable bonds is 1. The monoisotopic (exact) mass is 319 g/mol. The van der Waals surface area contributed by atoms with E-state index >= 15 is 0 Å². The Labute approximate surface area is 131 Å². The summed E-state index contributed by atoms with van der Waals surface area (Å²) in [6.45, 7) is 5.39. The molecule has 0 aliphatic rings. The number of halogens is 1. The fraction of sp³-hybridized carbons (Fsp3) is 0.286. The number of ether oxygens (including phenoxy) is 1. The van der Waals surface area contributed by atoms with E-state index in [1.54, 1.807) is 43.9 Å². The zero-order valence-corrected chi connectivity index (χ0v) is 13.1. The van der Waals surface area contributed by atoms with Crippen molar-refractivity contribution >= 4 is 23.2 Å². The van der Waals surface area contributed by atoms with E-state index in [1.807, 2.05) is 6.07 Å². The number of fused-ring (bicyclic) bond motifs is 1. The Hall–Kier alpha value is -2.41. The number of carbonyl (C=O) groups excluding carboxylic acids is 1. The topological polar surface area (TPSA) is 74.3 Å². The third-order valence-corrected chi connectivity index (χ3v) is 2.98. The summed E-state index contributed by atoms with van der Waals surface area (Å²) in [6.07, 6.45) is 5.80. The highest BCUT2D eigenvalue weighted by molar-refractivity contribution is 6.29. The van der Waals surface area contributed by atoms with E-state index in [2.05, 4.69) is 15.2 Å². The molecule has 3 aromatic heterocycles. The molecule has 0 aliphatic carbocycles. The molecule has 8 heteroatoms. The minimum absolute atomic E-state index is 0.302. The SMILES string of the molecule is CC(C)(C)OC(=O)n1cc(-c2nc(Cl)cn3nccc23)cn1. The zero-order valence-electron chi connectivity index (χ0n) is 12.3. The smallest absolute Gasteiger partial charge is 0.435 e. The van der Waals surface area contributed by atoms with Crippen molar-refractivity contribution in [3.63, 3.8) is 0 Å². The minimum atomic E-state index is -0.587. The summed E-state index contributed by atoms with van der Waals surface area (Å²) < 4.78 is 8.02. The van der Waals surface area contributed by atoms with Gasteiger partial charge in [-0.1, -0.05) is 11.6 Å². The van der Waals surface area contributed by atoms with Crippen molar-refractivity contribution in [1.29, 1.82) is 0 Å². The Bertz CT molecular complexity index is 846. The van der Waals surface area contributed by atoms with Crippen LogP contribution in [0.2, 0.25) is 5.15 Å². The molecular formula is C14H14ClN5O2. The molecule has 3 aromatic rings. The molecular weight excluding hydrogens is 306 g/mol. The third kappa shape index (κ3) is 2.80. The van der Waals surface area contributed by atoms with E-state index in [-0.39, 0.29) is 0 Å². The maximum Gasteiger partial charge on any atom is 0.435 e. The number of hydrogen-bond acceptors (Lipinski definition) is 5. The van der Waals surface area contributed by atoms with E-state index in [0.29, 0.717) is 16.4 Å². The zero-order chi connectivity index (χ0) is 15.9. The van der Waals surface area contributed by atoms with Crippen LogP contribution in [-0.2, 0) is 4.74 Å². The fourth-order valence-corrected chi connectivity index (χ4v) is 2.14. The van der Waals surface area contributed by atoms with Gasteiger partial charge in [-0.3, -0.25) is 0 Å². The average molecular weight is 320 g/mol. The number of hydrogen-bond donors (Lipinski definition) is 0. The molecule has 0 saturated heterocycles. The first kappa shape index (κ1) is 14.5. The van der Waals surface area contributed by atoms with Crippen LogP contribution in [0.1, 0.15) is 20.8 Å². The van der Waals surface area contributed by atoms with Crippen molar-refractivity contribution in [2.45, 2.75) is 26.4 Å². The molecule has 22 heavy (non-hydrogen) atoms. The Morgan fingerprint density at radius 3 is 2.77 bits per heavy atom. The van der Waals surface area contributed by atoms with Gasteiger partial charge >= 0.3 is 6.09 Å². The van der Waals surface area contributed by atoms with Gasteiger partial charge in [0.1, 0.15) is 16.4 Å². The van der Waals surface area contributed by atoms with Gasteiger partial charge in [-0.25, -0.2) is 14.3 Å². The predicted octanol–water partition coefficient (Wildman–Crippen LogP) is 3.03. The largest absolute Gasteiger partial charge is 0.442 e. The highest BCUT2D eigenvalue weighted by Crippen LogP contribution is 2.24. The molecule has 0 saturated carbocycles. The first-order chi connectivity index (χ1) is 10.3. The molecule has 0 aromatic carbocycles. The average Bonchev–Trinajstić information content (AvgIpc) is 3.04. The van der Waals surface area contributed by atoms with Crippen molar-refractivity contribution in [1.82, 2.24) is 24.4 Å². The summed E-state index contributed by atoms with van der Waals surface area (Å²) in [5.74, 6) is 0. The Morgan fingerprint density at radius 1 is 1.27 bits per heavy atom. The van der Waals surface area contributed by atoms with E-state index in [0.717, 1.165) is 10.2 Å². The summed E-state index contributed by atoms with van der Waals surface area (Å²) >= 11 is 6.00. The van der Waals surface area contributed by atoms with E-state index in [4.69, 9.17) is 16.3 Å². The van der Waals surface area contributed by atoms with E-state index in [1.165, 1.54) is 6.20 Å². The van der Waals surface area contributed by atoms with Crippen molar-refractivity contribution < 1.29 is 9.53 Å². The van der Waals surface area contributed by atoms with Crippen molar-refractivity contribution in [3.8, 4) is 11.3 Å². The lowest BCUT2D eigenvalue weighted by atomic mass is 10.2. The van der Waals surface area contributed by atoms with Gasteiger partial charge in [0.2, 0.25) is 0 Å². The van der Waals surface area contributed by atoms with E-state index < -0.39 is 11.7 Å². The molecule has 3 heterocycles. The quantitative estimate of drug-likeness (QED) is 0.689. The second-order valence-electron chi connectivity index (χ2n) is 5.73. The van der Waals surface area contributed by atoms with Crippen LogP contribution in [0.25, 0.3) is 16.8 Å². The molecule has 0 unspecified atom stereocenters. The lowest BCUT2D eigenvalue weighted by Gasteiger charge is -2.18. The normalized spacial score (nSPS) is 11.8. The lowest BCUT2D eigenvalue weighted by molar-refractivity contribution is 0.0514. The second-order valence-corrected chi connectivity index (χ2v) is 6.11. The van der Waals surface area contributed by atoms with Crippen LogP contribution in [0.5, 0.6) is 0 Å². The minimum Gasteiger partial charge on any atom is -0.442 e. The lowest BCUT2D eigenvalue weighted by Crippen LogP contribution is -2.27. The molecule has 0 fully saturated rings. The van der Waals surface area contributed by atoms with Crippen LogP contribution in [0.3, 0.4) is 0 Å². The van der Waals surface area contributed by atoms with Gasteiger partial charge in [-0.15, -0.1) is 0 Å². The van der Waals surface area contributed by atoms with Crippen LogP contribution in [-0.4, -0.2) is 36.1 Å². The van der Waals surface area contributed by atoms with Crippen molar-refractivity contribution in [2.75, 3.05) is 0 Å². The van der Waals surface area contributed by atoms with Gasteiger partial charge in [-0.05, 0) is 26.8 Å². The van der Waals surface area contributed by atoms with Gasteiger partial charge in [0.25, 0.3) is 0 Å². The number of carbonyl (C=O) groups is 1. The second kappa shape index (κ2) is 5.10. The molecule has 114 valence electrons. The standard InChI is InChI=1S/C14H14ClN5O2/c1-14(2,3)22-13(21)20-7-9(6-17-20)12-10-4-5-16-19(10)8-11(15)18-12/h4-8H,1-3H3. The Morgan fingerprint density at radius 2 is 2.05 bits per heavy atom. The van der Waals surface area contributed by atoms with Crippen molar-refractivity contribution in [2.24, 2.45) is 0 Å². The molecule has 0 amide bonds. The molecule has 0 radical (unpaired) electrons. The molecule has 0 aliphatic heterocycles. The molecule has 3 rings (SSSR count). The van der Waals surface area contributed by atoms with Gasteiger partial charge < -0.3 is 4.74 Å². The number of aromatic nitrogens is 5. The molecule has 0 bridgehead atoms. The van der Waals surface area contributed by atoms with Crippen LogP contribution < -0.4 is 0 Å². The highest BCUT2D eigenvalue weighted by Gasteiger charge is 2.19. The fourth-order valence-electron chi connectivity index (χ4n) is 1.96. The van der Waals surface area contributed by atoms with Gasteiger partial charge in [0.05, 0.1) is 24.1 Å². The van der Waals surface area contributed by atoms with Crippen LogP contribution in [0, 0.1) is 0 Å². The summed E-state index contributed by atoms with van der Waals surface area (Å²) in [6, 6.07) is 1.81. The van der Waals surface area contributed by atoms with E-state index in [9.17, 15) is 4.79 Å². The molecule has 0 atom stereocenters. The van der Waals surface area contributed by atoms with Crippen LogP contribution >= 0.6 is 11.6 Å².